The van der Waals surface area contributed by atoms with Crippen LogP contribution in [0.25, 0.3) is 11.3 Å². The summed E-state index contributed by atoms with van der Waals surface area (Å²) in [6.45, 7) is 2.38. The van der Waals surface area contributed by atoms with E-state index in [2.05, 4.69) is 20.6 Å². The predicted molar refractivity (Wildman–Crippen MR) is 148 cm³/mol. The molecule has 3 atom stereocenters. The zero-order valence-corrected chi connectivity index (χ0v) is 22.7. The molecule has 1 aliphatic carbocycles. The smallest absolute Gasteiger partial charge is 0.271 e. The van der Waals surface area contributed by atoms with Crippen LogP contribution in [0.2, 0.25) is 10.0 Å². The molecule has 3 heterocycles. The van der Waals surface area contributed by atoms with E-state index in [0.29, 0.717) is 51.5 Å². The lowest BCUT2D eigenvalue weighted by atomic mass is 10.00. The maximum atomic E-state index is 12.4. The van der Waals surface area contributed by atoms with Gasteiger partial charge in [0.2, 0.25) is 0 Å². The van der Waals surface area contributed by atoms with Gasteiger partial charge in [0, 0.05) is 34.7 Å². The fourth-order valence-electron chi connectivity index (χ4n) is 5.74. The highest BCUT2D eigenvalue weighted by molar-refractivity contribution is 6.39. The van der Waals surface area contributed by atoms with Crippen molar-refractivity contribution in [2.24, 2.45) is 5.10 Å². The Kier molecular flexibility index (Phi) is 7.16. The number of nitrogens with one attached hydrogen (secondary N) is 1. The second kappa shape index (κ2) is 10.7. The van der Waals surface area contributed by atoms with E-state index in [1.54, 1.807) is 12.4 Å². The van der Waals surface area contributed by atoms with Crippen molar-refractivity contribution in [3.05, 3.63) is 75.0 Å². The molecule has 3 aliphatic rings. The molecule has 2 bridgehead atoms. The monoisotopic (exact) mass is 552 g/mol. The summed E-state index contributed by atoms with van der Waals surface area (Å²) in [5.41, 5.74) is 6.65. The highest BCUT2D eigenvalue weighted by Gasteiger charge is 2.40. The van der Waals surface area contributed by atoms with Gasteiger partial charge in [0.05, 0.1) is 22.8 Å². The molecule has 1 saturated carbocycles. The van der Waals surface area contributed by atoms with Crippen LogP contribution >= 0.6 is 23.2 Å². The zero-order valence-electron chi connectivity index (χ0n) is 21.2. The standard InChI is InChI=1S/C29H30Cl2N4O3/c1-17-4-2-5-19(12-17)29(36)33-32-16-35-20-10-11-21(35)14-22(13-20)37-15-23-27(34-38-28(23)18-8-9-18)26-24(30)6-3-7-25(26)31/h2-7,12,16,18,20-22H,8-11,13-15H2,1H3,(H,33,36)/b32-16+/t20-,21+,22?. The normalized spacial score (nSPS) is 22.8. The minimum atomic E-state index is -0.204. The first-order valence-electron chi connectivity index (χ1n) is 13.2. The molecule has 9 heteroatoms. The summed E-state index contributed by atoms with van der Waals surface area (Å²) in [5, 5.41) is 9.75. The van der Waals surface area contributed by atoms with Crippen molar-refractivity contribution in [3.8, 4) is 11.3 Å². The zero-order chi connectivity index (χ0) is 26.2. The molecule has 1 amide bonds. The lowest BCUT2D eigenvalue weighted by Gasteiger charge is -2.37. The maximum Gasteiger partial charge on any atom is 0.271 e. The van der Waals surface area contributed by atoms with Crippen LogP contribution in [0.1, 0.15) is 71.7 Å². The molecule has 1 unspecified atom stereocenters. The second-order valence-corrected chi connectivity index (χ2v) is 11.4. The van der Waals surface area contributed by atoms with E-state index in [4.69, 9.17) is 32.5 Å². The third-order valence-electron chi connectivity index (χ3n) is 7.81. The SMILES string of the molecule is Cc1cccc(C(=O)N/N=C/N2[C@@H]3CC[C@H]2CC(OCc2c(-c4c(Cl)cccc4Cl)noc2C2CC2)C3)c1. The number of amides is 1. The number of hydrogen-bond acceptors (Lipinski definition) is 5. The number of hydrogen-bond donors (Lipinski definition) is 1. The first-order valence-corrected chi connectivity index (χ1v) is 14.0. The maximum absolute atomic E-state index is 12.4. The minimum absolute atomic E-state index is 0.121. The van der Waals surface area contributed by atoms with Gasteiger partial charge in [0.1, 0.15) is 17.8 Å². The van der Waals surface area contributed by atoms with E-state index in [-0.39, 0.29) is 12.0 Å². The molecular formula is C29H30Cl2N4O3. The molecule has 3 fully saturated rings. The molecule has 1 aromatic heterocycles. The summed E-state index contributed by atoms with van der Waals surface area (Å²) in [6.07, 6.45) is 8.08. The number of carbonyl (C=O) groups excluding carboxylic acids is 1. The van der Waals surface area contributed by atoms with Gasteiger partial charge in [-0.15, -0.1) is 0 Å². The van der Waals surface area contributed by atoms with E-state index in [1.807, 2.05) is 43.3 Å². The third kappa shape index (κ3) is 5.20. The second-order valence-electron chi connectivity index (χ2n) is 10.5. The third-order valence-corrected chi connectivity index (χ3v) is 8.44. The number of aromatic nitrogens is 1. The van der Waals surface area contributed by atoms with Gasteiger partial charge in [0.15, 0.2) is 0 Å². The predicted octanol–water partition coefficient (Wildman–Crippen LogP) is 6.72. The van der Waals surface area contributed by atoms with Gasteiger partial charge in [-0.25, -0.2) is 5.43 Å². The van der Waals surface area contributed by atoms with Crippen LogP contribution in [0.5, 0.6) is 0 Å². The Hall–Kier alpha value is -2.87. The molecule has 2 aromatic carbocycles. The number of benzene rings is 2. The summed E-state index contributed by atoms with van der Waals surface area (Å²) in [6, 6.07) is 13.6. The van der Waals surface area contributed by atoms with Crippen molar-refractivity contribution < 1.29 is 14.1 Å². The topological polar surface area (TPSA) is 80.0 Å². The van der Waals surface area contributed by atoms with Gasteiger partial charge in [-0.05, 0) is 69.7 Å². The van der Waals surface area contributed by atoms with Crippen LogP contribution in [0.3, 0.4) is 0 Å². The molecule has 0 radical (unpaired) electrons. The molecule has 38 heavy (non-hydrogen) atoms. The first-order chi connectivity index (χ1) is 18.5. The van der Waals surface area contributed by atoms with Crippen LogP contribution in [-0.2, 0) is 11.3 Å². The van der Waals surface area contributed by atoms with E-state index in [0.717, 1.165) is 55.4 Å². The van der Waals surface area contributed by atoms with Crippen LogP contribution in [0, 0.1) is 6.92 Å². The van der Waals surface area contributed by atoms with E-state index < -0.39 is 0 Å². The number of carbonyl (C=O) groups is 1. The van der Waals surface area contributed by atoms with Gasteiger partial charge in [-0.1, -0.05) is 52.1 Å². The number of aryl methyl sites for hydroxylation is 1. The highest BCUT2D eigenvalue weighted by Crippen LogP contribution is 2.46. The molecule has 0 spiro atoms. The Labute approximate surface area is 232 Å². The molecule has 3 aromatic rings. The first kappa shape index (κ1) is 25.4. The van der Waals surface area contributed by atoms with Crippen molar-refractivity contribution >= 4 is 35.4 Å². The highest BCUT2D eigenvalue weighted by atomic mass is 35.5. The lowest BCUT2D eigenvalue weighted by Crippen LogP contribution is -2.45. The largest absolute Gasteiger partial charge is 0.373 e. The Morgan fingerprint density at radius 2 is 1.84 bits per heavy atom. The van der Waals surface area contributed by atoms with Gasteiger partial charge in [-0.2, -0.15) is 5.10 Å². The molecule has 1 N–H and O–H groups in total. The number of nitrogens with zero attached hydrogens (tertiary/aromatic N) is 3. The summed E-state index contributed by atoms with van der Waals surface area (Å²) < 4.78 is 12.3. The molecular weight excluding hydrogens is 523 g/mol. The van der Waals surface area contributed by atoms with Crippen molar-refractivity contribution in [1.29, 1.82) is 0 Å². The van der Waals surface area contributed by atoms with Gasteiger partial charge in [0.25, 0.3) is 5.91 Å². The fourth-order valence-corrected chi connectivity index (χ4v) is 6.32. The average molecular weight is 553 g/mol. The summed E-state index contributed by atoms with van der Waals surface area (Å²) in [4.78, 5) is 14.7. The Morgan fingerprint density at radius 3 is 2.53 bits per heavy atom. The van der Waals surface area contributed by atoms with E-state index in [9.17, 15) is 4.79 Å². The molecule has 7 nitrogen and oxygen atoms in total. The number of rotatable bonds is 8. The number of fused-ring (bicyclic) bond motifs is 2. The number of hydrazone groups is 1. The quantitative estimate of drug-likeness (QED) is 0.190. The van der Waals surface area contributed by atoms with Crippen LogP contribution < -0.4 is 5.43 Å². The Morgan fingerprint density at radius 1 is 1.13 bits per heavy atom. The molecule has 2 aliphatic heterocycles. The van der Waals surface area contributed by atoms with Crippen molar-refractivity contribution in [2.45, 2.75) is 76.2 Å². The number of halogens is 2. The lowest BCUT2D eigenvalue weighted by molar-refractivity contribution is -0.0105. The van der Waals surface area contributed by atoms with Gasteiger partial charge < -0.3 is 14.2 Å². The molecule has 2 saturated heterocycles. The Balaban J connectivity index is 1.10. The average Bonchev–Trinajstić information content (AvgIpc) is 3.62. The van der Waals surface area contributed by atoms with Crippen LogP contribution in [0.15, 0.2) is 52.1 Å². The molecule has 6 rings (SSSR count). The van der Waals surface area contributed by atoms with Gasteiger partial charge in [-0.3, -0.25) is 4.79 Å². The van der Waals surface area contributed by atoms with Crippen molar-refractivity contribution in [3.63, 3.8) is 0 Å². The Bertz CT molecular complexity index is 1340. The number of ether oxygens (including phenoxy) is 1. The van der Waals surface area contributed by atoms with Crippen LogP contribution in [-0.4, -0.2) is 40.5 Å². The van der Waals surface area contributed by atoms with Crippen molar-refractivity contribution in [1.82, 2.24) is 15.5 Å². The van der Waals surface area contributed by atoms with E-state index >= 15 is 0 Å². The van der Waals surface area contributed by atoms with Crippen LogP contribution in [0.4, 0.5) is 0 Å². The van der Waals surface area contributed by atoms with Crippen molar-refractivity contribution in [2.75, 3.05) is 0 Å². The summed E-state index contributed by atoms with van der Waals surface area (Å²) in [7, 11) is 0. The van der Waals surface area contributed by atoms with E-state index in [1.165, 1.54) is 0 Å². The van der Waals surface area contributed by atoms with Gasteiger partial charge >= 0.3 is 0 Å². The summed E-state index contributed by atoms with van der Waals surface area (Å²) >= 11 is 13.0. The number of piperidine rings is 1. The minimum Gasteiger partial charge on any atom is -0.373 e. The fraction of sp³-hybridized carbons (Fsp3) is 0.414. The molecule has 198 valence electrons. The summed E-state index contributed by atoms with van der Waals surface area (Å²) in [5.74, 6) is 1.08.